The molecular weight excluding hydrogens is 208 g/mol. The lowest BCUT2D eigenvalue weighted by molar-refractivity contribution is -0.136. The minimum Gasteiger partial charge on any atom is -0.481 e. The van der Waals surface area contributed by atoms with Crippen LogP contribution >= 0.6 is 0 Å². The number of rotatable bonds is 4. The summed E-state index contributed by atoms with van der Waals surface area (Å²) in [6, 6.07) is 0. The molecule has 1 aliphatic carbocycles. The first-order valence-electron chi connectivity index (χ1n) is 5.32. The molecular formula is C11H14N2O3. The van der Waals surface area contributed by atoms with Crippen LogP contribution < -0.4 is 4.74 Å². The quantitative estimate of drug-likeness (QED) is 0.833. The summed E-state index contributed by atoms with van der Waals surface area (Å²) in [6.45, 7) is 0. The lowest BCUT2D eigenvalue weighted by atomic mass is 9.81. The molecule has 1 heterocycles. The largest absolute Gasteiger partial charge is 0.481 e. The molecule has 86 valence electrons. The van der Waals surface area contributed by atoms with Crippen LogP contribution in [-0.4, -0.2) is 28.2 Å². The van der Waals surface area contributed by atoms with Crippen molar-refractivity contribution < 1.29 is 14.6 Å². The summed E-state index contributed by atoms with van der Waals surface area (Å²) >= 11 is 0. The van der Waals surface area contributed by atoms with E-state index in [0.29, 0.717) is 17.4 Å². The standard InChI is InChI=1S/C11H14N2O3/c1-16-11-8(5-9(14)15)10(12-6-13-11)7-3-2-4-7/h6-7H,2-5H2,1H3,(H,14,15). The molecule has 16 heavy (non-hydrogen) atoms. The molecule has 1 fully saturated rings. The maximum atomic E-state index is 10.8. The predicted octanol–water partition coefficient (Wildman–Crippen LogP) is 1.38. The Morgan fingerprint density at radius 3 is 2.81 bits per heavy atom. The van der Waals surface area contributed by atoms with Crippen LogP contribution in [-0.2, 0) is 11.2 Å². The van der Waals surface area contributed by atoms with Gasteiger partial charge in [0.15, 0.2) is 0 Å². The summed E-state index contributed by atoms with van der Waals surface area (Å²) in [5, 5.41) is 8.87. The molecule has 0 radical (unpaired) electrons. The van der Waals surface area contributed by atoms with Crippen molar-refractivity contribution in [3.05, 3.63) is 17.6 Å². The average Bonchev–Trinajstić information content (AvgIpc) is 2.17. The van der Waals surface area contributed by atoms with Crippen LogP contribution in [0.3, 0.4) is 0 Å². The third-order valence-corrected chi connectivity index (χ3v) is 2.95. The maximum Gasteiger partial charge on any atom is 0.308 e. The van der Waals surface area contributed by atoms with Gasteiger partial charge in [0.25, 0.3) is 0 Å². The average molecular weight is 222 g/mol. The highest BCUT2D eigenvalue weighted by molar-refractivity contribution is 5.71. The van der Waals surface area contributed by atoms with Gasteiger partial charge >= 0.3 is 5.97 Å². The summed E-state index contributed by atoms with van der Waals surface area (Å²) in [5.74, 6) is -0.112. The van der Waals surface area contributed by atoms with Crippen LogP contribution in [0.4, 0.5) is 0 Å². The van der Waals surface area contributed by atoms with Gasteiger partial charge in [-0.25, -0.2) is 9.97 Å². The second kappa shape index (κ2) is 4.47. The molecule has 2 rings (SSSR count). The van der Waals surface area contributed by atoms with Gasteiger partial charge in [-0.15, -0.1) is 0 Å². The Bertz CT molecular complexity index is 402. The van der Waals surface area contributed by atoms with Crippen molar-refractivity contribution in [1.29, 1.82) is 0 Å². The van der Waals surface area contributed by atoms with Gasteiger partial charge < -0.3 is 9.84 Å². The van der Waals surface area contributed by atoms with Gasteiger partial charge in [0.05, 0.1) is 19.2 Å². The van der Waals surface area contributed by atoms with Crippen LogP contribution in [0.15, 0.2) is 6.33 Å². The highest BCUT2D eigenvalue weighted by Crippen LogP contribution is 2.38. The number of carboxylic acids is 1. The lowest BCUT2D eigenvalue weighted by Crippen LogP contribution is -2.16. The number of hydrogen-bond acceptors (Lipinski definition) is 4. The molecule has 1 aliphatic rings. The third-order valence-electron chi connectivity index (χ3n) is 2.95. The second-order valence-corrected chi connectivity index (χ2v) is 3.95. The second-order valence-electron chi connectivity index (χ2n) is 3.95. The molecule has 1 aromatic rings. The highest BCUT2D eigenvalue weighted by atomic mass is 16.5. The molecule has 1 aromatic heterocycles. The Hall–Kier alpha value is -1.65. The number of methoxy groups -OCH3 is 1. The van der Waals surface area contributed by atoms with E-state index in [2.05, 4.69) is 9.97 Å². The molecule has 0 spiro atoms. The third kappa shape index (κ3) is 1.98. The highest BCUT2D eigenvalue weighted by Gasteiger charge is 2.26. The van der Waals surface area contributed by atoms with Crippen LogP contribution in [0, 0.1) is 0 Å². The van der Waals surface area contributed by atoms with Crippen molar-refractivity contribution in [3.63, 3.8) is 0 Å². The molecule has 1 saturated carbocycles. The zero-order valence-electron chi connectivity index (χ0n) is 9.14. The monoisotopic (exact) mass is 222 g/mol. The molecule has 0 amide bonds. The van der Waals surface area contributed by atoms with Gasteiger partial charge in [0.2, 0.25) is 5.88 Å². The minimum atomic E-state index is -0.881. The van der Waals surface area contributed by atoms with Gasteiger partial charge in [-0.3, -0.25) is 4.79 Å². The van der Waals surface area contributed by atoms with Gasteiger partial charge in [0, 0.05) is 11.5 Å². The number of carbonyl (C=O) groups is 1. The van der Waals surface area contributed by atoms with Crippen LogP contribution in [0.2, 0.25) is 0 Å². The van der Waals surface area contributed by atoms with E-state index >= 15 is 0 Å². The van der Waals surface area contributed by atoms with E-state index in [1.54, 1.807) is 0 Å². The van der Waals surface area contributed by atoms with E-state index in [9.17, 15) is 4.79 Å². The molecule has 5 nitrogen and oxygen atoms in total. The van der Waals surface area contributed by atoms with Crippen molar-refractivity contribution in [2.45, 2.75) is 31.6 Å². The SMILES string of the molecule is COc1ncnc(C2CCC2)c1CC(=O)O. The Morgan fingerprint density at radius 1 is 1.56 bits per heavy atom. The fourth-order valence-electron chi connectivity index (χ4n) is 1.94. The number of hydrogen-bond donors (Lipinski definition) is 1. The van der Waals surface area contributed by atoms with E-state index in [1.165, 1.54) is 19.9 Å². The number of aromatic nitrogens is 2. The van der Waals surface area contributed by atoms with Crippen LogP contribution in [0.25, 0.3) is 0 Å². The smallest absolute Gasteiger partial charge is 0.308 e. The van der Waals surface area contributed by atoms with E-state index < -0.39 is 5.97 Å². The first-order chi connectivity index (χ1) is 7.72. The van der Waals surface area contributed by atoms with Crippen molar-refractivity contribution in [3.8, 4) is 5.88 Å². The van der Waals surface area contributed by atoms with Gasteiger partial charge in [-0.05, 0) is 12.8 Å². The number of nitrogens with zero attached hydrogens (tertiary/aromatic N) is 2. The zero-order chi connectivity index (χ0) is 11.5. The van der Waals surface area contributed by atoms with Crippen LogP contribution in [0.5, 0.6) is 5.88 Å². The van der Waals surface area contributed by atoms with Crippen molar-refractivity contribution in [1.82, 2.24) is 9.97 Å². The molecule has 1 N–H and O–H groups in total. The first kappa shape index (κ1) is 10.9. The topological polar surface area (TPSA) is 72.3 Å². The predicted molar refractivity (Wildman–Crippen MR) is 56.5 cm³/mol. The van der Waals surface area contributed by atoms with E-state index in [0.717, 1.165) is 18.5 Å². The summed E-state index contributed by atoms with van der Waals surface area (Å²) in [6.07, 6.45) is 4.71. The molecule has 0 atom stereocenters. The first-order valence-corrected chi connectivity index (χ1v) is 5.32. The molecule has 0 aliphatic heterocycles. The van der Waals surface area contributed by atoms with Crippen molar-refractivity contribution >= 4 is 5.97 Å². The Kier molecular flexibility index (Phi) is 3.03. The fraction of sp³-hybridized carbons (Fsp3) is 0.545. The Morgan fingerprint density at radius 2 is 2.31 bits per heavy atom. The number of carboxylic acid groups (broad SMARTS) is 1. The van der Waals surface area contributed by atoms with E-state index in [1.807, 2.05) is 0 Å². The van der Waals surface area contributed by atoms with Crippen LogP contribution in [0.1, 0.15) is 36.4 Å². The zero-order valence-corrected chi connectivity index (χ0v) is 9.14. The maximum absolute atomic E-state index is 10.8. The van der Waals surface area contributed by atoms with Crippen molar-refractivity contribution in [2.24, 2.45) is 0 Å². The summed E-state index contributed by atoms with van der Waals surface area (Å²) in [4.78, 5) is 19.0. The Labute approximate surface area is 93.5 Å². The number of ether oxygens (including phenoxy) is 1. The fourth-order valence-corrected chi connectivity index (χ4v) is 1.94. The van der Waals surface area contributed by atoms with Gasteiger partial charge in [-0.1, -0.05) is 6.42 Å². The van der Waals surface area contributed by atoms with Crippen molar-refractivity contribution in [2.75, 3.05) is 7.11 Å². The van der Waals surface area contributed by atoms with E-state index in [4.69, 9.17) is 9.84 Å². The molecule has 0 saturated heterocycles. The minimum absolute atomic E-state index is 0.0736. The summed E-state index contributed by atoms with van der Waals surface area (Å²) < 4.78 is 5.09. The molecule has 0 unspecified atom stereocenters. The summed E-state index contributed by atoms with van der Waals surface area (Å²) in [5.41, 5.74) is 1.47. The van der Waals surface area contributed by atoms with Gasteiger partial charge in [-0.2, -0.15) is 0 Å². The lowest BCUT2D eigenvalue weighted by Gasteiger charge is -2.26. The molecule has 0 aromatic carbocycles. The van der Waals surface area contributed by atoms with E-state index in [-0.39, 0.29) is 6.42 Å². The molecule has 0 bridgehead atoms. The van der Waals surface area contributed by atoms with Gasteiger partial charge in [0.1, 0.15) is 6.33 Å². The Balaban J connectivity index is 2.37. The number of aliphatic carboxylic acids is 1. The molecule has 5 heteroatoms. The normalized spacial score (nSPS) is 15.6. The summed E-state index contributed by atoms with van der Waals surface area (Å²) in [7, 11) is 1.50.